The SMILES string of the molecule is CC(=O)Nc1nnc(S(=O)(=O)NOCC(C)C)s1. The number of carbonyl (C=O) groups excluding carboxylic acids is 1. The molecular weight excluding hydrogens is 280 g/mol. The Hall–Kier alpha value is -1.10. The third kappa shape index (κ3) is 4.64. The van der Waals surface area contributed by atoms with Crippen molar-refractivity contribution in [2.75, 3.05) is 11.9 Å². The summed E-state index contributed by atoms with van der Waals surface area (Å²) in [4.78, 5) is 17.5. The molecule has 1 amide bonds. The Morgan fingerprint density at radius 1 is 1.44 bits per heavy atom. The Labute approximate surface area is 109 Å². The van der Waals surface area contributed by atoms with Crippen molar-refractivity contribution < 1.29 is 18.0 Å². The van der Waals surface area contributed by atoms with Gasteiger partial charge in [-0.2, -0.15) is 0 Å². The van der Waals surface area contributed by atoms with E-state index in [2.05, 4.69) is 15.5 Å². The van der Waals surface area contributed by atoms with Crippen LogP contribution in [0.3, 0.4) is 0 Å². The average Bonchev–Trinajstić information content (AvgIpc) is 2.64. The molecule has 18 heavy (non-hydrogen) atoms. The molecular formula is C8H14N4O4S2. The standard InChI is InChI=1S/C8H14N4O4S2/c1-5(2)4-16-12-18(14,15)8-11-10-7(17-8)9-6(3)13/h5,12H,4H2,1-3H3,(H,9,10,13). The van der Waals surface area contributed by atoms with Gasteiger partial charge in [-0.25, -0.2) is 8.42 Å². The van der Waals surface area contributed by atoms with Crippen molar-refractivity contribution in [1.29, 1.82) is 0 Å². The van der Waals surface area contributed by atoms with Crippen LogP contribution in [-0.4, -0.2) is 31.1 Å². The van der Waals surface area contributed by atoms with Gasteiger partial charge in [0.15, 0.2) is 0 Å². The lowest BCUT2D eigenvalue weighted by Gasteiger charge is -2.06. The van der Waals surface area contributed by atoms with E-state index in [-0.39, 0.29) is 27.9 Å². The zero-order valence-electron chi connectivity index (χ0n) is 10.1. The number of amides is 1. The van der Waals surface area contributed by atoms with Crippen LogP contribution in [0.25, 0.3) is 0 Å². The van der Waals surface area contributed by atoms with Crippen LogP contribution in [-0.2, 0) is 19.7 Å². The number of carbonyl (C=O) groups is 1. The first-order valence-electron chi connectivity index (χ1n) is 5.06. The van der Waals surface area contributed by atoms with Crippen molar-refractivity contribution in [3.05, 3.63) is 0 Å². The molecule has 0 saturated carbocycles. The molecule has 0 spiro atoms. The largest absolute Gasteiger partial charge is 0.301 e. The molecule has 0 aromatic carbocycles. The first-order valence-corrected chi connectivity index (χ1v) is 7.36. The fourth-order valence-corrected chi connectivity index (χ4v) is 2.58. The number of hydrogen-bond donors (Lipinski definition) is 2. The predicted octanol–water partition coefficient (Wildman–Crippen LogP) is 0.362. The van der Waals surface area contributed by atoms with E-state index in [1.165, 1.54) is 6.92 Å². The third-order valence-electron chi connectivity index (χ3n) is 1.50. The normalized spacial score (nSPS) is 11.8. The number of anilines is 1. The zero-order valence-corrected chi connectivity index (χ0v) is 11.8. The maximum atomic E-state index is 11.7. The first-order chi connectivity index (χ1) is 8.31. The summed E-state index contributed by atoms with van der Waals surface area (Å²) in [5, 5.41) is 9.45. The predicted molar refractivity (Wildman–Crippen MR) is 65.3 cm³/mol. The fourth-order valence-electron chi connectivity index (χ4n) is 0.833. The maximum absolute atomic E-state index is 11.7. The quantitative estimate of drug-likeness (QED) is 0.579. The van der Waals surface area contributed by atoms with Gasteiger partial charge < -0.3 is 5.32 Å². The van der Waals surface area contributed by atoms with E-state index in [1.807, 2.05) is 18.7 Å². The van der Waals surface area contributed by atoms with Crippen molar-refractivity contribution >= 4 is 32.4 Å². The van der Waals surface area contributed by atoms with E-state index in [1.54, 1.807) is 0 Å². The molecule has 0 atom stereocenters. The smallest absolute Gasteiger partial charge is 0.291 e. The van der Waals surface area contributed by atoms with Crippen LogP contribution in [0, 0.1) is 5.92 Å². The van der Waals surface area contributed by atoms with Gasteiger partial charge in [-0.05, 0) is 5.92 Å². The van der Waals surface area contributed by atoms with E-state index in [4.69, 9.17) is 4.84 Å². The van der Waals surface area contributed by atoms with E-state index < -0.39 is 10.0 Å². The lowest BCUT2D eigenvalue weighted by molar-refractivity contribution is -0.114. The third-order valence-corrected chi connectivity index (χ3v) is 3.92. The van der Waals surface area contributed by atoms with Crippen LogP contribution in [0.1, 0.15) is 20.8 Å². The summed E-state index contributed by atoms with van der Waals surface area (Å²) in [7, 11) is -3.85. The van der Waals surface area contributed by atoms with Crippen LogP contribution in [0.15, 0.2) is 4.34 Å². The van der Waals surface area contributed by atoms with E-state index in [9.17, 15) is 13.2 Å². The summed E-state index contributed by atoms with van der Waals surface area (Å²) in [6.07, 6.45) is 0. The van der Waals surface area contributed by atoms with Gasteiger partial charge >= 0.3 is 0 Å². The minimum absolute atomic E-state index is 0.117. The molecule has 10 heteroatoms. The van der Waals surface area contributed by atoms with Crippen LogP contribution < -0.4 is 10.2 Å². The van der Waals surface area contributed by atoms with Crippen molar-refractivity contribution in [2.45, 2.75) is 25.1 Å². The Balaban J connectivity index is 2.67. The Kier molecular flexibility index (Phi) is 5.14. The van der Waals surface area contributed by atoms with Gasteiger partial charge in [-0.3, -0.25) is 9.63 Å². The molecule has 1 rings (SSSR count). The van der Waals surface area contributed by atoms with E-state index in [0.717, 1.165) is 11.3 Å². The summed E-state index contributed by atoms with van der Waals surface area (Å²) >= 11 is 0.742. The second-order valence-corrected chi connectivity index (χ2v) is 6.64. The molecule has 102 valence electrons. The second-order valence-electron chi connectivity index (χ2n) is 3.85. The first kappa shape index (κ1) is 15.0. The highest BCUT2D eigenvalue weighted by Crippen LogP contribution is 2.19. The maximum Gasteiger partial charge on any atom is 0.291 e. The van der Waals surface area contributed by atoms with Gasteiger partial charge in [-0.1, -0.05) is 30.1 Å². The van der Waals surface area contributed by atoms with Gasteiger partial charge in [0.25, 0.3) is 14.4 Å². The van der Waals surface area contributed by atoms with E-state index in [0.29, 0.717) is 0 Å². The summed E-state index contributed by atoms with van der Waals surface area (Å²) in [5.74, 6) is -0.156. The van der Waals surface area contributed by atoms with Crippen molar-refractivity contribution in [2.24, 2.45) is 5.92 Å². The molecule has 1 aromatic rings. The van der Waals surface area contributed by atoms with Crippen molar-refractivity contribution in [3.63, 3.8) is 0 Å². The highest BCUT2D eigenvalue weighted by Gasteiger charge is 2.20. The van der Waals surface area contributed by atoms with Crippen molar-refractivity contribution in [3.8, 4) is 0 Å². The van der Waals surface area contributed by atoms with Crippen LogP contribution in [0.2, 0.25) is 0 Å². The summed E-state index contributed by atoms with van der Waals surface area (Å²) in [5.41, 5.74) is 0. The summed E-state index contributed by atoms with van der Waals surface area (Å²) < 4.78 is 23.1. The number of hydrogen-bond acceptors (Lipinski definition) is 7. The van der Waals surface area contributed by atoms with Gasteiger partial charge in [0.05, 0.1) is 6.61 Å². The number of nitrogens with zero attached hydrogens (tertiary/aromatic N) is 2. The topological polar surface area (TPSA) is 110 Å². The van der Waals surface area contributed by atoms with Crippen LogP contribution in [0.5, 0.6) is 0 Å². The minimum atomic E-state index is -3.85. The second kappa shape index (κ2) is 6.18. The van der Waals surface area contributed by atoms with Gasteiger partial charge in [0.2, 0.25) is 11.0 Å². The number of aromatic nitrogens is 2. The van der Waals surface area contributed by atoms with Crippen LogP contribution >= 0.6 is 11.3 Å². The molecule has 0 fully saturated rings. The monoisotopic (exact) mass is 294 g/mol. The minimum Gasteiger partial charge on any atom is -0.301 e. The Bertz CT molecular complexity index is 511. The lowest BCUT2D eigenvalue weighted by Crippen LogP contribution is -2.25. The molecule has 0 radical (unpaired) electrons. The molecule has 8 nitrogen and oxygen atoms in total. The fraction of sp³-hybridized carbons (Fsp3) is 0.625. The number of rotatable bonds is 6. The lowest BCUT2D eigenvalue weighted by atomic mass is 10.2. The van der Waals surface area contributed by atoms with Crippen molar-refractivity contribution in [1.82, 2.24) is 15.1 Å². The molecule has 1 heterocycles. The highest BCUT2D eigenvalue weighted by atomic mass is 32.2. The summed E-state index contributed by atoms with van der Waals surface area (Å²) in [6.45, 7) is 5.30. The Morgan fingerprint density at radius 2 is 2.11 bits per heavy atom. The molecule has 0 saturated heterocycles. The van der Waals surface area contributed by atoms with Gasteiger partial charge in [-0.15, -0.1) is 10.2 Å². The van der Waals surface area contributed by atoms with Gasteiger partial charge in [0.1, 0.15) is 0 Å². The van der Waals surface area contributed by atoms with Gasteiger partial charge in [0, 0.05) is 6.92 Å². The molecule has 0 unspecified atom stereocenters. The zero-order chi connectivity index (χ0) is 13.8. The molecule has 1 aromatic heterocycles. The number of sulfonamides is 1. The highest BCUT2D eigenvalue weighted by molar-refractivity contribution is 7.91. The number of nitrogens with one attached hydrogen (secondary N) is 2. The molecule has 0 bridgehead atoms. The average molecular weight is 294 g/mol. The summed E-state index contributed by atoms with van der Waals surface area (Å²) in [6, 6.07) is 0. The van der Waals surface area contributed by atoms with Crippen LogP contribution in [0.4, 0.5) is 5.13 Å². The Morgan fingerprint density at radius 3 is 2.67 bits per heavy atom. The van der Waals surface area contributed by atoms with E-state index >= 15 is 0 Å². The molecule has 0 aliphatic heterocycles. The molecule has 2 N–H and O–H groups in total. The molecule has 0 aliphatic rings. The molecule has 0 aliphatic carbocycles.